The van der Waals surface area contributed by atoms with E-state index in [4.69, 9.17) is 0 Å². The van der Waals surface area contributed by atoms with Crippen LogP contribution >= 0.6 is 0 Å². The maximum Gasteiger partial charge on any atom is 0.0634 e. The van der Waals surface area contributed by atoms with Crippen LogP contribution in [0.1, 0.15) is 56.6 Å². The highest BCUT2D eigenvalue weighted by atomic mass is 14.9. The fourth-order valence-electron chi connectivity index (χ4n) is 9.73. The Morgan fingerprint density at radius 2 is 0.849 bits per heavy atom. The largest absolute Gasteiger partial charge is 0.308 e. The second-order valence-corrected chi connectivity index (χ2v) is 15.5. The molecule has 0 saturated carbocycles. The third kappa shape index (κ3) is 4.45. The number of hydrogen-bond acceptors (Lipinski definition) is 0. The van der Waals surface area contributed by atoms with Gasteiger partial charge in [0.15, 0.2) is 0 Å². The molecule has 0 unspecified atom stereocenters. The van der Waals surface area contributed by atoms with Crippen molar-refractivity contribution in [1.29, 1.82) is 0 Å². The molecule has 0 aliphatic carbocycles. The van der Waals surface area contributed by atoms with Crippen LogP contribution in [0.25, 0.3) is 98.4 Å². The topological polar surface area (TPSA) is 8.82 Å². The van der Waals surface area contributed by atoms with Crippen LogP contribution in [0, 0.1) is 6.92 Å². The molecule has 0 fully saturated rings. The zero-order valence-electron chi connectivity index (χ0n) is 30.5. The van der Waals surface area contributed by atoms with Gasteiger partial charge in [-0.15, -0.1) is 0 Å². The maximum atomic E-state index is 2.60. The first-order valence-corrected chi connectivity index (χ1v) is 19.7. The molecule has 0 atom stereocenters. The second-order valence-electron chi connectivity index (χ2n) is 15.5. The van der Waals surface area contributed by atoms with Gasteiger partial charge in [0, 0.05) is 43.1 Å². The number of hydrogen-bond donors (Lipinski definition) is 0. The van der Waals surface area contributed by atoms with E-state index in [-0.39, 0.29) is 0 Å². The number of aryl methyl sites for hydroxylation is 2. The first-order valence-electron chi connectivity index (χ1n) is 19.7. The number of nitrogens with zero attached hydrogens (tertiary/aromatic N) is 2. The molecule has 0 aliphatic rings. The number of aromatic nitrogens is 2. The summed E-state index contributed by atoms with van der Waals surface area (Å²) in [5, 5.41) is 10.9. The lowest BCUT2D eigenvalue weighted by Crippen LogP contribution is -1.87. The summed E-state index contributed by atoms with van der Waals surface area (Å²) >= 11 is 0. The summed E-state index contributed by atoms with van der Waals surface area (Å²) in [4.78, 5) is 0. The molecular weight excluding hydrogens is 641 g/mol. The van der Waals surface area contributed by atoms with Gasteiger partial charge in [-0.3, -0.25) is 0 Å². The normalized spacial score (nSPS) is 12.5. The molecule has 0 spiro atoms. The van der Waals surface area contributed by atoms with Crippen LogP contribution < -0.4 is 0 Å². The zero-order valence-corrected chi connectivity index (χ0v) is 30.5. The van der Waals surface area contributed by atoms with Gasteiger partial charge in [0.2, 0.25) is 0 Å². The summed E-state index contributed by atoms with van der Waals surface area (Å²) in [5.74, 6) is 0. The van der Waals surface area contributed by atoms with Crippen molar-refractivity contribution in [3.8, 4) is 22.3 Å². The molecule has 11 rings (SSSR count). The summed E-state index contributed by atoms with van der Waals surface area (Å²) < 4.78 is 5.19. The van der Waals surface area contributed by atoms with Crippen LogP contribution in [-0.2, 0) is 6.42 Å². The van der Waals surface area contributed by atoms with Crippen molar-refractivity contribution in [2.75, 3.05) is 0 Å². The highest BCUT2D eigenvalue weighted by Crippen LogP contribution is 2.52. The van der Waals surface area contributed by atoms with Gasteiger partial charge in [-0.1, -0.05) is 130 Å². The Morgan fingerprint density at radius 1 is 0.396 bits per heavy atom. The molecule has 2 heteroatoms. The molecule has 11 aromatic rings. The molecule has 2 nitrogen and oxygen atoms in total. The fourth-order valence-corrected chi connectivity index (χ4v) is 9.73. The minimum Gasteiger partial charge on any atom is -0.308 e. The van der Waals surface area contributed by atoms with E-state index < -0.39 is 0 Å². The van der Waals surface area contributed by atoms with Gasteiger partial charge in [-0.2, -0.15) is 0 Å². The number of unbranched alkanes of at least 4 members (excludes halogenated alkanes) is 5. The van der Waals surface area contributed by atoms with E-state index in [1.807, 2.05) is 0 Å². The molecule has 7 aromatic carbocycles. The molecule has 256 valence electrons. The molecule has 0 N–H and O–H groups in total. The molecule has 0 amide bonds. The van der Waals surface area contributed by atoms with E-state index in [9.17, 15) is 0 Å². The van der Waals surface area contributed by atoms with Gasteiger partial charge in [0.05, 0.1) is 33.1 Å². The molecule has 0 bridgehead atoms. The van der Waals surface area contributed by atoms with Crippen LogP contribution in [0.4, 0.5) is 0 Å². The van der Waals surface area contributed by atoms with E-state index >= 15 is 0 Å². The van der Waals surface area contributed by atoms with Crippen LogP contribution in [0.15, 0.2) is 133 Å². The third-order valence-corrected chi connectivity index (χ3v) is 12.2. The second kappa shape index (κ2) is 11.8. The van der Waals surface area contributed by atoms with Gasteiger partial charge in [-0.25, -0.2) is 0 Å². The van der Waals surface area contributed by atoms with Crippen molar-refractivity contribution < 1.29 is 0 Å². The zero-order chi connectivity index (χ0) is 35.2. The lowest BCUT2D eigenvalue weighted by molar-refractivity contribution is 0.607. The van der Waals surface area contributed by atoms with Crippen LogP contribution in [0.5, 0.6) is 0 Å². The number of benzene rings is 7. The Kier molecular flexibility index (Phi) is 6.86. The SMILES string of the molecule is CCCCCCCCc1ccc2c(c1)c1c3c4cc(-c5ccccc5)ccc4n4c5ccc(C)cc5c(c5c6cc(-c7ccccc7)ccc6n2c15)c34. The van der Waals surface area contributed by atoms with Crippen molar-refractivity contribution in [1.82, 2.24) is 8.80 Å². The van der Waals surface area contributed by atoms with Crippen LogP contribution in [0.3, 0.4) is 0 Å². The number of rotatable bonds is 9. The Hall–Kier alpha value is -5.86. The highest BCUT2D eigenvalue weighted by Gasteiger charge is 2.29. The fraction of sp³-hybridized carbons (Fsp3) is 0.176. The van der Waals surface area contributed by atoms with E-state index in [1.165, 1.54) is 148 Å². The standard InChI is InChI=1S/C51H42N2/c1-3-4-5-6-7-10-15-33-21-25-43-39(29-33)47-49-41-31-37(35-18-13-9-14-19-35)22-26-44(41)52-42-24-20-32(2)28-38(42)46(50(49)52)48-40-30-36(34-16-11-8-12-17-34)23-27-45(40)53(43)51(47)48/h8-9,11-14,16-31H,3-7,10,15H2,1-2H3. The van der Waals surface area contributed by atoms with Gasteiger partial charge in [0.25, 0.3) is 0 Å². The first-order chi connectivity index (χ1) is 26.2. The molecule has 4 heterocycles. The molecule has 53 heavy (non-hydrogen) atoms. The lowest BCUT2D eigenvalue weighted by atomic mass is 9.94. The average molecular weight is 683 g/mol. The van der Waals surface area contributed by atoms with Crippen molar-refractivity contribution in [3.05, 3.63) is 145 Å². The van der Waals surface area contributed by atoms with Crippen molar-refractivity contribution in [2.45, 2.75) is 58.8 Å². The monoisotopic (exact) mass is 682 g/mol. The summed E-state index contributed by atoms with van der Waals surface area (Å²) in [6.07, 6.45) is 9.03. The predicted molar refractivity (Wildman–Crippen MR) is 228 cm³/mol. The molecule has 0 radical (unpaired) electrons. The van der Waals surface area contributed by atoms with Gasteiger partial charge < -0.3 is 8.80 Å². The Balaban J connectivity index is 1.30. The van der Waals surface area contributed by atoms with Gasteiger partial charge in [0.1, 0.15) is 0 Å². The summed E-state index contributed by atoms with van der Waals surface area (Å²) in [6.45, 7) is 4.53. The van der Waals surface area contributed by atoms with Crippen molar-refractivity contribution in [3.63, 3.8) is 0 Å². The lowest BCUT2D eigenvalue weighted by Gasteiger charge is -2.07. The van der Waals surface area contributed by atoms with E-state index in [1.54, 1.807) is 0 Å². The molecule has 0 saturated heterocycles. The molecule has 0 aliphatic heterocycles. The van der Waals surface area contributed by atoms with E-state index in [2.05, 4.69) is 156 Å². The van der Waals surface area contributed by atoms with E-state index in [0.29, 0.717) is 0 Å². The highest BCUT2D eigenvalue weighted by molar-refractivity contribution is 6.45. The maximum absolute atomic E-state index is 2.60. The summed E-state index contributed by atoms with van der Waals surface area (Å²) in [7, 11) is 0. The Labute approximate surface area is 309 Å². The third-order valence-electron chi connectivity index (χ3n) is 12.2. The van der Waals surface area contributed by atoms with Crippen molar-refractivity contribution >= 4 is 76.2 Å². The minimum atomic E-state index is 1.13. The summed E-state index contributed by atoms with van der Waals surface area (Å²) in [5.41, 5.74) is 15.7. The number of fused-ring (bicyclic) bond motifs is 14. The predicted octanol–water partition coefficient (Wildman–Crippen LogP) is 14.5. The Bertz CT molecular complexity index is 3140. The van der Waals surface area contributed by atoms with Crippen LogP contribution in [0.2, 0.25) is 0 Å². The Morgan fingerprint density at radius 3 is 1.40 bits per heavy atom. The average Bonchev–Trinajstić information content (AvgIpc) is 3.92. The smallest absolute Gasteiger partial charge is 0.0634 e. The summed E-state index contributed by atoms with van der Waals surface area (Å²) in [6, 6.07) is 50.5. The quantitative estimate of drug-likeness (QED) is 0.134. The van der Waals surface area contributed by atoms with Crippen LogP contribution in [-0.4, -0.2) is 8.80 Å². The van der Waals surface area contributed by atoms with Crippen molar-refractivity contribution in [2.24, 2.45) is 0 Å². The van der Waals surface area contributed by atoms with Gasteiger partial charge in [-0.05, 0) is 96.1 Å². The minimum absolute atomic E-state index is 1.13. The first kappa shape index (κ1) is 30.7. The van der Waals surface area contributed by atoms with Gasteiger partial charge >= 0.3 is 0 Å². The van der Waals surface area contributed by atoms with E-state index in [0.717, 1.165) is 6.42 Å². The molecular formula is C51H42N2. The molecule has 4 aromatic heterocycles.